The average molecular weight is 220 g/mol. The normalized spacial score (nSPS) is 12.2. The summed E-state index contributed by atoms with van der Waals surface area (Å²) in [6, 6.07) is -1.67. The van der Waals surface area contributed by atoms with Crippen LogP contribution in [0.25, 0.3) is 0 Å². The van der Waals surface area contributed by atoms with Crippen molar-refractivity contribution in [1.82, 2.24) is 9.44 Å². The van der Waals surface area contributed by atoms with Gasteiger partial charge in [0.1, 0.15) is 0 Å². The fraction of sp³-hybridized carbons (Fsp3) is 0.500. The summed E-state index contributed by atoms with van der Waals surface area (Å²) in [5, 5.41) is 0. The maximum Gasteiger partial charge on any atom is 0.400 e. The Labute approximate surface area is 68.3 Å². The van der Waals surface area contributed by atoms with Gasteiger partial charge in [0, 0.05) is 0 Å². The van der Waals surface area contributed by atoms with E-state index >= 15 is 0 Å². The summed E-state index contributed by atoms with van der Waals surface area (Å²) in [6.45, 7) is 0. The third-order valence-corrected chi connectivity index (χ3v) is 1.48. The summed E-state index contributed by atoms with van der Waals surface area (Å²) in [5.74, 6) is 0. The zero-order valence-electron chi connectivity index (χ0n) is 5.74. The second-order valence-corrected chi connectivity index (χ2v) is 4.57. The van der Waals surface area contributed by atoms with Gasteiger partial charge >= 0.3 is 16.4 Å². The molecule has 72 valence electrons. The first-order valence-electron chi connectivity index (χ1n) is 2.34. The van der Waals surface area contributed by atoms with E-state index in [9.17, 15) is 25.5 Å². The van der Waals surface area contributed by atoms with Gasteiger partial charge in [-0.15, -0.1) is 0 Å². The number of nitrogens with one attached hydrogen (secondary N) is 2. The number of sulfonamides is 1. The third kappa shape index (κ3) is 7.21. The van der Waals surface area contributed by atoms with E-state index in [-0.39, 0.29) is 0 Å². The van der Waals surface area contributed by atoms with Crippen molar-refractivity contribution in [2.45, 2.75) is 0 Å². The smallest absolute Gasteiger partial charge is 0.247 e. The van der Waals surface area contributed by atoms with E-state index in [1.807, 2.05) is 0 Å². The SMILES string of the molecule is CS(=O)(=O)NC(=O)NS(=O)(=O)F. The van der Waals surface area contributed by atoms with Gasteiger partial charge in [-0.25, -0.2) is 22.7 Å². The van der Waals surface area contributed by atoms with E-state index in [0.29, 0.717) is 6.26 Å². The van der Waals surface area contributed by atoms with Gasteiger partial charge in [0.2, 0.25) is 10.0 Å². The summed E-state index contributed by atoms with van der Waals surface area (Å²) in [5.41, 5.74) is 0. The fourth-order valence-corrected chi connectivity index (χ4v) is 1.02. The highest BCUT2D eigenvalue weighted by atomic mass is 32.3. The number of carbonyl (C=O) groups is 1. The van der Waals surface area contributed by atoms with Crippen molar-refractivity contribution in [2.75, 3.05) is 6.26 Å². The molecule has 0 aliphatic heterocycles. The number of carbonyl (C=O) groups excluding carboxylic acids is 1. The predicted octanol–water partition coefficient (Wildman–Crippen LogP) is -1.54. The molecule has 0 spiro atoms. The number of rotatable bonds is 2. The molecule has 0 bridgehead atoms. The van der Waals surface area contributed by atoms with E-state index in [4.69, 9.17) is 0 Å². The molecule has 0 rings (SSSR count). The second-order valence-electron chi connectivity index (χ2n) is 1.74. The van der Waals surface area contributed by atoms with Crippen LogP contribution >= 0.6 is 0 Å². The van der Waals surface area contributed by atoms with Gasteiger partial charge in [-0.1, -0.05) is 3.89 Å². The van der Waals surface area contributed by atoms with Gasteiger partial charge in [0.05, 0.1) is 6.26 Å². The largest absolute Gasteiger partial charge is 0.400 e. The van der Waals surface area contributed by atoms with Crippen molar-refractivity contribution in [2.24, 2.45) is 0 Å². The molecule has 0 aromatic rings. The van der Waals surface area contributed by atoms with E-state index in [0.717, 1.165) is 4.72 Å². The van der Waals surface area contributed by atoms with Crippen LogP contribution in [0.4, 0.5) is 8.68 Å². The minimum Gasteiger partial charge on any atom is -0.247 e. The molecule has 0 atom stereocenters. The lowest BCUT2D eigenvalue weighted by molar-refractivity contribution is 0.250. The monoisotopic (exact) mass is 220 g/mol. The van der Waals surface area contributed by atoms with Crippen LogP contribution < -0.4 is 9.44 Å². The summed E-state index contributed by atoms with van der Waals surface area (Å²) in [4.78, 5) is 10.3. The van der Waals surface area contributed by atoms with Crippen LogP contribution in [0, 0.1) is 0 Å². The van der Waals surface area contributed by atoms with Gasteiger partial charge in [0.15, 0.2) is 0 Å². The zero-order chi connectivity index (χ0) is 9.99. The Hall–Kier alpha value is -0.900. The van der Waals surface area contributed by atoms with Gasteiger partial charge in [-0.3, -0.25) is 0 Å². The van der Waals surface area contributed by atoms with Crippen LogP contribution in [-0.2, 0) is 20.4 Å². The highest BCUT2D eigenvalue weighted by Crippen LogP contribution is 1.83. The van der Waals surface area contributed by atoms with Crippen LogP contribution in [-0.4, -0.2) is 29.1 Å². The molecule has 0 radical (unpaired) electrons. The number of urea groups is 1. The molecular weight excluding hydrogens is 215 g/mol. The fourth-order valence-electron chi connectivity index (χ4n) is 0.300. The van der Waals surface area contributed by atoms with Gasteiger partial charge < -0.3 is 0 Å². The Bertz CT molecular complexity index is 332. The van der Waals surface area contributed by atoms with Crippen LogP contribution in [0.2, 0.25) is 0 Å². The minimum atomic E-state index is -5.22. The minimum absolute atomic E-state index is 0.609. The summed E-state index contributed by atoms with van der Waals surface area (Å²) in [6.07, 6.45) is 0.609. The molecule has 0 saturated heterocycles. The second kappa shape index (κ2) is 3.23. The number of hydrogen-bond acceptors (Lipinski definition) is 5. The average Bonchev–Trinajstić information content (AvgIpc) is 1.49. The quantitative estimate of drug-likeness (QED) is 0.548. The van der Waals surface area contributed by atoms with Crippen molar-refractivity contribution in [1.29, 1.82) is 0 Å². The molecule has 0 heterocycles. The van der Waals surface area contributed by atoms with Crippen LogP contribution in [0.1, 0.15) is 0 Å². The maximum atomic E-state index is 11.6. The molecule has 0 aliphatic rings. The summed E-state index contributed by atoms with van der Waals surface area (Å²) in [7, 11) is -9.11. The molecule has 10 heteroatoms. The lowest BCUT2D eigenvalue weighted by atomic mass is 11.2. The first kappa shape index (κ1) is 11.1. The maximum absolute atomic E-state index is 11.6. The van der Waals surface area contributed by atoms with Gasteiger partial charge in [-0.05, 0) is 0 Å². The molecule has 0 saturated carbocycles. The molecule has 2 N–H and O–H groups in total. The Morgan fingerprint density at radius 3 is 1.83 bits per heavy atom. The zero-order valence-corrected chi connectivity index (χ0v) is 7.37. The first-order chi connectivity index (χ1) is 5.10. The number of amides is 2. The third-order valence-electron chi connectivity index (χ3n) is 0.493. The van der Waals surface area contributed by atoms with E-state index in [2.05, 4.69) is 0 Å². The van der Waals surface area contributed by atoms with Crippen LogP contribution in [0.5, 0.6) is 0 Å². The first-order valence-corrected chi connectivity index (χ1v) is 5.62. The lowest BCUT2D eigenvalue weighted by Crippen LogP contribution is -2.40. The molecule has 0 aromatic heterocycles. The highest BCUT2D eigenvalue weighted by molar-refractivity contribution is 7.89. The molecule has 12 heavy (non-hydrogen) atoms. The van der Waals surface area contributed by atoms with Crippen LogP contribution in [0.3, 0.4) is 0 Å². The highest BCUT2D eigenvalue weighted by Gasteiger charge is 2.14. The number of halogens is 1. The molecule has 0 unspecified atom stereocenters. The molecule has 7 nitrogen and oxygen atoms in total. The standard InChI is InChI=1S/C2H5FN2O5S2/c1-11(7,8)4-2(6)5-12(3,9)10/h1H3,(H2,4,5,6). The topological polar surface area (TPSA) is 109 Å². The van der Waals surface area contributed by atoms with Gasteiger partial charge in [-0.2, -0.15) is 8.42 Å². The van der Waals surface area contributed by atoms with E-state index < -0.39 is 26.5 Å². The van der Waals surface area contributed by atoms with Crippen LogP contribution in [0.15, 0.2) is 0 Å². The van der Waals surface area contributed by atoms with Crippen molar-refractivity contribution in [3.8, 4) is 0 Å². The Morgan fingerprint density at radius 1 is 1.17 bits per heavy atom. The van der Waals surface area contributed by atoms with Crippen molar-refractivity contribution < 1.29 is 25.5 Å². The Morgan fingerprint density at radius 2 is 1.58 bits per heavy atom. The summed E-state index contributed by atoms with van der Waals surface area (Å²) < 4.78 is 53.4. The molecule has 0 fully saturated rings. The molecule has 0 aliphatic carbocycles. The van der Waals surface area contributed by atoms with E-state index in [1.165, 1.54) is 4.72 Å². The van der Waals surface area contributed by atoms with Crippen molar-refractivity contribution in [3.05, 3.63) is 0 Å². The Kier molecular flexibility index (Phi) is 2.98. The van der Waals surface area contributed by atoms with Gasteiger partial charge in [0.25, 0.3) is 0 Å². The van der Waals surface area contributed by atoms with Crippen molar-refractivity contribution >= 4 is 26.5 Å². The number of hydrogen-bond donors (Lipinski definition) is 2. The van der Waals surface area contributed by atoms with Crippen molar-refractivity contribution in [3.63, 3.8) is 0 Å². The molecule has 0 aromatic carbocycles. The lowest BCUT2D eigenvalue weighted by Gasteiger charge is -1.99. The summed E-state index contributed by atoms with van der Waals surface area (Å²) >= 11 is 0. The Balaban J connectivity index is 4.30. The molecular formula is C2H5FN2O5S2. The predicted molar refractivity (Wildman–Crippen MR) is 36.5 cm³/mol. The molecule has 2 amide bonds. The van der Waals surface area contributed by atoms with E-state index in [1.54, 1.807) is 0 Å².